The van der Waals surface area contributed by atoms with E-state index in [2.05, 4.69) is 31.3 Å². The van der Waals surface area contributed by atoms with E-state index in [0.29, 0.717) is 12.8 Å². The van der Waals surface area contributed by atoms with Gasteiger partial charge in [0.15, 0.2) is 0 Å². The van der Waals surface area contributed by atoms with Gasteiger partial charge in [-0.25, -0.2) is 10.5 Å². The number of aliphatic hydroxyl groups excluding tert-OH is 1. The van der Waals surface area contributed by atoms with E-state index in [-0.39, 0.29) is 23.5 Å². The molecule has 0 spiro atoms. The van der Waals surface area contributed by atoms with Crippen LogP contribution in [0.25, 0.3) is 0 Å². The van der Waals surface area contributed by atoms with Crippen LogP contribution < -0.4 is 5.43 Å². The van der Waals surface area contributed by atoms with E-state index in [1.807, 2.05) is 36.5 Å². The number of aliphatic hydroxyl groups is 1. The quantitative estimate of drug-likeness (QED) is 0.755. The first-order valence-electron chi connectivity index (χ1n) is 8.96. The summed E-state index contributed by atoms with van der Waals surface area (Å²) < 4.78 is 4.75. The van der Waals surface area contributed by atoms with Crippen molar-refractivity contribution in [3.63, 3.8) is 0 Å². The summed E-state index contributed by atoms with van der Waals surface area (Å²) in [6.07, 6.45) is 12.2. The van der Waals surface area contributed by atoms with Crippen LogP contribution in [0.1, 0.15) is 33.6 Å². The Morgan fingerprint density at radius 2 is 2.15 bits per heavy atom. The Labute approximate surface area is 154 Å². The number of rotatable bonds is 4. The Balaban J connectivity index is 1.86. The molecule has 3 rings (SSSR count). The largest absolute Gasteiger partial charge is 0.469 e. The topological polar surface area (TPSA) is 74.2 Å². The number of fused-ring (bicyclic) bond motifs is 1. The highest BCUT2D eigenvalue weighted by molar-refractivity contribution is 6.02. The van der Waals surface area contributed by atoms with Crippen molar-refractivity contribution in [1.82, 2.24) is 10.5 Å². The second kappa shape index (κ2) is 7.21. The lowest BCUT2D eigenvalue weighted by Gasteiger charge is -2.38. The van der Waals surface area contributed by atoms with Gasteiger partial charge in [0.1, 0.15) is 12.1 Å². The lowest BCUT2D eigenvalue weighted by atomic mass is 9.76. The number of hydrogen-bond acceptors (Lipinski definition) is 6. The van der Waals surface area contributed by atoms with E-state index in [9.17, 15) is 9.90 Å². The Bertz CT molecular complexity index is 725. The number of hydrazine groups is 1. The number of ether oxygens (including phenoxy) is 1. The van der Waals surface area contributed by atoms with Crippen molar-refractivity contribution in [1.29, 1.82) is 0 Å². The SMILES string of the molecule is COC(=O)CCC1=CC(N2N=C3C=CC=CC3N2)C(O)C(C(C)(C)C)=C1. The van der Waals surface area contributed by atoms with Gasteiger partial charge in [0.05, 0.1) is 18.9 Å². The smallest absolute Gasteiger partial charge is 0.305 e. The fraction of sp³-hybridized carbons (Fsp3) is 0.500. The van der Waals surface area contributed by atoms with Gasteiger partial charge < -0.3 is 9.84 Å². The molecule has 0 saturated heterocycles. The fourth-order valence-electron chi connectivity index (χ4n) is 3.38. The summed E-state index contributed by atoms with van der Waals surface area (Å²) in [6.45, 7) is 6.24. The van der Waals surface area contributed by atoms with Crippen LogP contribution in [0.5, 0.6) is 0 Å². The molecule has 140 valence electrons. The summed E-state index contributed by atoms with van der Waals surface area (Å²) >= 11 is 0. The van der Waals surface area contributed by atoms with Crippen LogP contribution in [0.3, 0.4) is 0 Å². The zero-order valence-electron chi connectivity index (χ0n) is 15.8. The van der Waals surface area contributed by atoms with Crippen molar-refractivity contribution in [3.8, 4) is 0 Å². The second-order valence-electron chi connectivity index (χ2n) is 7.82. The first-order valence-corrected chi connectivity index (χ1v) is 8.96. The number of carbonyl (C=O) groups is 1. The summed E-state index contributed by atoms with van der Waals surface area (Å²) in [4.78, 5) is 11.5. The Kier molecular flexibility index (Phi) is 5.16. The van der Waals surface area contributed by atoms with Gasteiger partial charge >= 0.3 is 5.97 Å². The number of nitrogens with zero attached hydrogens (tertiary/aromatic N) is 2. The molecule has 0 radical (unpaired) electrons. The normalized spacial score (nSPS) is 27.7. The zero-order chi connectivity index (χ0) is 18.9. The minimum absolute atomic E-state index is 0.0307. The molecule has 0 aromatic rings. The molecule has 26 heavy (non-hydrogen) atoms. The van der Waals surface area contributed by atoms with Crippen LogP contribution >= 0.6 is 0 Å². The number of esters is 1. The van der Waals surface area contributed by atoms with Gasteiger partial charge in [0.25, 0.3) is 0 Å². The average Bonchev–Trinajstić information content (AvgIpc) is 3.03. The fourth-order valence-corrected chi connectivity index (χ4v) is 3.38. The average molecular weight is 357 g/mol. The third kappa shape index (κ3) is 3.81. The number of carbonyl (C=O) groups excluding carboxylic acids is 1. The van der Waals surface area contributed by atoms with Crippen molar-refractivity contribution in [2.75, 3.05) is 7.11 Å². The lowest BCUT2D eigenvalue weighted by molar-refractivity contribution is -0.140. The molecule has 1 aliphatic heterocycles. The maximum Gasteiger partial charge on any atom is 0.305 e. The molecule has 0 fully saturated rings. The van der Waals surface area contributed by atoms with Crippen molar-refractivity contribution < 1.29 is 14.6 Å². The molecule has 2 aliphatic carbocycles. The Hall–Kier alpha value is -2.18. The van der Waals surface area contributed by atoms with Crippen molar-refractivity contribution in [2.45, 2.75) is 51.8 Å². The van der Waals surface area contributed by atoms with E-state index in [0.717, 1.165) is 16.9 Å². The number of allylic oxidation sites excluding steroid dienone is 4. The maximum absolute atomic E-state index is 11.5. The van der Waals surface area contributed by atoms with Crippen molar-refractivity contribution in [2.24, 2.45) is 10.5 Å². The van der Waals surface area contributed by atoms with E-state index in [1.165, 1.54) is 7.11 Å². The van der Waals surface area contributed by atoms with Gasteiger partial charge in [0.2, 0.25) is 0 Å². The number of nitrogens with one attached hydrogen (secondary N) is 1. The number of hydrogen-bond donors (Lipinski definition) is 2. The van der Waals surface area contributed by atoms with Gasteiger partial charge in [-0.15, -0.1) is 0 Å². The van der Waals surface area contributed by atoms with Gasteiger partial charge in [-0.05, 0) is 29.1 Å². The molecule has 3 atom stereocenters. The van der Waals surface area contributed by atoms with Crippen LogP contribution in [-0.4, -0.2) is 47.2 Å². The third-order valence-electron chi connectivity index (χ3n) is 4.86. The minimum Gasteiger partial charge on any atom is -0.469 e. The molecule has 1 heterocycles. The standard InChI is InChI=1S/C20H27N3O3/c1-20(2,3)14-11-13(9-10-18(24)26-4)12-17(19(14)25)23-21-15-7-5-6-8-16(15)22-23/h5-8,11-12,15,17,19,21,25H,9-10H2,1-4H3. The molecule has 0 aromatic carbocycles. The molecule has 3 unspecified atom stereocenters. The van der Waals surface area contributed by atoms with Crippen LogP contribution in [0.15, 0.2) is 52.7 Å². The van der Waals surface area contributed by atoms with Crippen LogP contribution in [0, 0.1) is 5.41 Å². The molecular formula is C20H27N3O3. The van der Waals surface area contributed by atoms with Crippen LogP contribution in [-0.2, 0) is 9.53 Å². The summed E-state index contributed by atoms with van der Waals surface area (Å²) in [5.41, 5.74) is 6.01. The van der Waals surface area contributed by atoms with Gasteiger partial charge in [-0.3, -0.25) is 4.79 Å². The molecule has 0 amide bonds. The maximum atomic E-state index is 11.5. The highest BCUT2D eigenvalue weighted by atomic mass is 16.5. The zero-order valence-corrected chi connectivity index (χ0v) is 15.8. The summed E-state index contributed by atoms with van der Waals surface area (Å²) in [5, 5.41) is 17.4. The molecule has 0 aromatic heterocycles. The first kappa shape index (κ1) is 18.6. The second-order valence-corrected chi connectivity index (χ2v) is 7.82. The molecular weight excluding hydrogens is 330 g/mol. The Morgan fingerprint density at radius 1 is 1.38 bits per heavy atom. The Morgan fingerprint density at radius 3 is 2.81 bits per heavy atom. The van der Waals surface area contributed by atoms with E-state index in [1.54, 1.807) is 5.12 Å². The monoisotopic (exact) mass is 357 g/mol. The highest BCUT2D eigenvalue weighted by Crippen LogP contribution is 2.36. The van der Waals surface area contributed by atoms with Gasteiger partial charge in [-0.1, -0.05) is 51.2 Å². The van der Waals surface area contributed by atoms with Gasteiger partial charge in [0, 0.05) is 6.42 Å². The molecule has 3 aliphatic rings. The van der Waals surface area contributed by atoms with Crippen molar-refractivity contribution in [3.05, 3.63) is 47.6 Å². The first-order chi connectivity index (χ1) is 12.3. The molecule has 2 N–H and O–H groups in total. The van der Waals surface area contributed by atoms with E-state index in [4.69, 9.17) is 4.74 Å². The van der Waals surface area contributed by atoms with E-state index < -0.39 is 6.10 Å². The predicted molar refractivity (Wildman–Crippen MR) is 101 cm³/mol. The van der Waals surface area contributed by atoms with Crippen LogP contribution in [0.2, 0.25) is 0 Å². The van der Waals surface area contributed by atoms with Gasteiger partial charge in [-0.2, -0.15) is 5.10 Å². The number of hydrazone groups is 1. The van der Waals surface area contributed by atoms with Crippen LogP contribution in [0.4, 0.5) is 0 Å². The predicted octanol–water partition coefficient (Wildman–Crippen LogP) is 2.25. The lowest BCUT2D eigenvalue weighted by Crippen LogP contribution is -2.50. The summed E-state index contributed by atoms with van der Waals surface area (Å²) in [5.74, 6) is -0.236. The minimum atomic E-state index is -0.679. The summed E-state index contributed by atoms with van der Waals surface area (Å²) in [7, 11) is 1.40. The molecule has 6 heteroatoms. The van der Waals surface area contributed by atoms with E-state index >= 15 is 0 Å². The van der Waals surface area contributed by atoms with Crippen molar-refractivity contribution >= 4 is 11.7 Å². The molecule has 0 bridgehead atoms. The molecule has 6 nitrogen and oxygen atoms in total. The molecule has 0 saturated carbocycles. The third-order valence-corrected chi connectivity index (χ3v) is 4.86. The summed E-state index contributed by atoms with van der Waals surface area (Å²) in [6, 6.07) is -0.301. The highest BCUT2D eigenvalue weighted by Gasteiger charge is 2.38. The number of methoxy groups -OCH3 is 1.